The van der Waals surface area contributed by atoms with Crippen LogP contribution in [-0.4, -0.2) is 18.4 Å². The van der Waals surface area contributed by atoms with E-state index in [1.54, 1.807) is 6.07 Å². The molecule has 0 aliphatic carbocycles. The molecule has 2 N–H and O–H groups in total. The number of aryl methyl sites for hydroxylation is 2. The summed E-state index contributed by atoms with van der Waals surface area (Å²) in [6.45, 7) is 3.69. The number of furan rings is 1. The molecule has 22 heavy (non-hydrogen) atoms. The summed E-state index contributed by atoms with van der Waals surface area (Å²) in [6, 6.07) is 8.74. The molecule has 0 atom stereocenters. The van der Waals surface area contributed by atoms with E-state index in [0.29, 0.717) is 10.4 Å². The Morgan fingerprint density at radius 3 is 2.41 bits per heavy atom. The molecule has 2 aromatic rings. The van der Waals surface area contributed by atoms with Crippen LogP contribution in [0.5, 0.6) is 5.75 Å². The molecule has 1 aromatic carbocycles. The van der Waals surface area contributed by atoms with E-state index in [-0.39, 0.29) is 12.4 Å². The van der Waals surface area contributed by atoms with Crippen molar-refractivity contribution in [3.63, 3.8) is 0 Å². The minimum Gasteiger partial charge on any atom is -0.484 e. The first-order valence-electron chi connectivity index (χ1n) is 6.49. The molecule has 6 nitrogen and oxygen atoms in total. The molecular formula is C15H15BrN2O4. The molecule has 116 valence electrons. The van der Waals surface area contributed by atoms with Crippen LogP contribution < -0.4 is 15.6 Å². The van der Waals surface area contributed by atoms with Gasteiger partial charge in [0.15, 0.2) is 17.0 Å². The molecule has 1 heterocycles. The average molecular weight is 367 g/mol. The number of carbonyl (C=O) groups is 2. The number of ether oxygens (including phenoxy) is 1. The summed E-state index contributed by atoms with van der Waals surface area (Å²) >= 11 is 3.09. The molecule has 0 spiro atoms. The molecule has 0 radical (unpaired) electrons. The predicted octanol–water partition coefficient (Wildman–Crippen LogP) is 2.50. The second-order valence-corrected chi connectivity index (χ2v) is 5.50. The van der Waals surface area contributed by atoms with Gasteiger partial charge in [-0.15, -0.1) is 0 Å². The van der Waals surface area contributed by atoms with Gasteiger partial charge in [0.1, 0.15) is 5.75 Å². The summed E-state index contributed by atoms with van der Waals surface area (Å²) in [7, 11) is 0. The lowest BCUT2D eigenvalue weighted by atomic mass is 10.1. The minimum absolute atomic E-state index is 0.0856. The Kier molecular flexibility index (Phi) is 5.21. The average Bonchev–Trinajstić information content (AvgIpc) is 2.88. The van der Waals surface area contributed by atoms with E-state index in [1.807, 2.05) is 32.0 Å². The smallest absolute Gasteiger partial charge is 0.305 e. The maximum Gasteiger partial charge on any atom is 0.305 e. The van der Waals surface area contributed by atoms with Crippen molar-refractivity contribution in [3.05, 3.63) is 51.9 Å². The summed E-state index contributed by atoms with van der Waals surface area (Å²) in [5.74, 6) is -0.333. The maximum atomic E-state index is 11.6. The van der Waals surface area contributed by atoms with Crippen molar-refractivity contribution < 1.29 is 18.7 Å². The van der Waals surface area contributed by atoms with Gasteiger partial charge < -0.3 is 9.15 Å². The topological polar surface area (TPSA) is 80.6 Å². The molecule has 0 saturated heterocycles. The molecule has 1 aromatic heterocycles. The monoisotopic (exact) mass is 366 g/mol. The highest BCUT2D eigenvalue weighted by molar-refractivity contribution is 9.10. The Bertz CT molecular complexity index is 676. The first-order valence-corrected chi connectivity index (χ1v) is 7.29. The summed E-state index contributed by atoms with van der Waals surface area (Å²) in [6.07, 6.45) is 0. The molecule has 0 aliphatic heterocycles. The summed E-state index contributed by atoms with van der Waals surface area (Å²) in [4.78, 5) is 23.3. The second-order valence-electron chi connectivity index (χ2n) is 4.72. The molecule has 2 amide bonds. The highest BCUT2D eigenvalue weighted by Crippen LogP contribution is 2.16. The van der Waals surface area contributed by atoms with Gasteiger partial charge in [-0.05, 0) is 65.2 Å². The van der Waals surface area contributed by atoms with Gasteiger partial charge >= 0.3 is 5.91 Å². The number of benzene rings is 1. The molecule has 7 heteroatoms. The van der Waals surface area contributed by atoms with E-state index < -0.39 is 11.8 Å². The first kappa shape index (κ1) is 16.1. The molecule has 0 saturated carbocycles. The Hall–Kier alpha value is -2.28. The van der Waals surface area contributed by atoms with Gasteiger partial charge in [-0.3, -0.25) is 20.4 Å². The van der Waals surface area contributed by atoms with Crippen molar-refractivity contribution in [2.75, 3.05) is 6.61 Å². The van der Waals surface area contributed by atoms with Crippen molar-refractivity contribution >= 4 is 27.7 Å². The van der Waals surface area contributed by atoms with E-state index in [4.69, 9.17) is 9.15 Å². The minimum atomic E-state index is -0.551. The van der Waals surface area contributed by atoms with Crippen LogP contribution in [0.4, 0.5) is 0 Å². The zero-order valence-electron chi connectivity index (χ0n) is 12.1. The fourth-order valence-corrected chi connectivity index (χ4v) is 2.13. The lowest BCUT2D eigenvalue weighted by molar-refractivity contribution is -0.123. The molecule has 0 aliphatic rings. The molecular weight excluding hydrogens is 352 g/mol. The number of hydrogen-bond acceptors (Lipinski definition) is 4. The quantitative estimate of drug-likeness (QED) is 0.814. The van der Waals surface area contributed by atoms with E-state index in [2.05, 4.69) is 26.8 Å². The number of halogens is 1. The van der Waals surface area contributed by atoms with Gasteiger partial charge in [0.05, 0.1) is 0 Å². The number of rotatable bonds is 4. The van der Waals surface area contributed by atoms with Crippen molar-refractivity contribution in [1.29, 1.82) is 0 Å². The third-order valence-electron chi connectivity index (χ3n) is 2.68. The Labute approximate surface area is 135 Å². The zero-order chi connectivity index (χ0) is 16.1. The van der Waals surface area contributed by atoms with Crippen molar-refractivity contribution in [1.82, 2.24) is 10.9 Å². The molecule has 0 fully saturated rings. The lowest BCUT2D eigenvalue weighted by Gasteiger charge is -2.09. The van der Waals surface area contributed by atoms with Crippen molar-refractivity contribution in [2.45, 2.75) is 13.8 Å². The Morgan fingerprint density at radius 1 is 1.14 bits per heavy atom. The highest BCUT2D eigenvalue weighted by Gasteiger charge is 2.11. The Morgan fingerprint density at radius 2 is 1.82 bits per heavy atom. The first-order chi connectivity index (χ1) is 10.4. The number of amides is 2. The predicted molar refractivity (Wildman–Crippen MR) is 83.4 cm³/mol. The lowest BCUT2D eigenvalue weighted by Crippen LogP contribution is -2.43. The molecule has 0 bridgehead atoms. The van der Waals surface area contributed by atoms with Crippen LogP contribution in [-0.2, 0) is 4.79 Å². The fraction of sp³-hybridized carbons (Fsp3) is 0.200. The SMILES string of the molecule is Cc1cc(C)cc(OCC(=O)NNC(=O)c2ccc(Br)o2)c1. The number of nitrogens with one attached hydrogen (secondary N) is 2. The standard InChI is InChI=1S/C15H15BrN2O4/c1-9-5-10(2)7-11(6-9)21-8-14(19)17-18-15(20)12-3-4-13(16)22-12/h3-7H,8H2,1-2H3,(H,17,19)(H,18,20). The van der Waals surface area contributed by atoms with Crippen LogP contribution in [0.2, 0.25) is 0 Å². The normalized spacial score (nSPS) is 10.1. The zero-order valence-corrected chi connectivity index (χ0v) is 13.7. The third-order valence-corrected chi connectivity index (χ3v) is 3.10. The number of carbonyl (C=O) groups excluding carboxylic acids is 2. The molecule has 2 rings (SSSR count). The van der Waals surface area contributed by atoms with E-state index in [1.165, 1.54) is 6.07 Å². The van der Waals surface area contributed by atoms with Gasteiger partial charge in [-0.1, -0.05) is 6.07 Å². The third kappa shape index (κ3) is 4.63. The summed E-state index contributed by atoms with van der Waals surface area (Å²) in [5, 5.41) is 0. The van der Waals surface area contributed by atoms with E-state index in [9.17, 15) is 9.59 Å². The van der Waals surface area contributed by atoms with Crippen LogP contribution in [0.3, 0.4) is 0 Å². The fourth-order valence-electron chi connectivity index (χ4n) is 1.83. The van der Waals surface area contributed by atoms with Crippen LogP contribution in [0.25, 0.3) is 0 Å². The van der Waals surface area contributed by atoms with Gasteiger partial charge in [-0.2, -0.15) is 0 Å². The second kappa shape index (κ2) is 7.13. The van der Waals surface area contributed by atoms with Crippen LogP contribution in [0, 0.1) is 13.8 Å². The molecule has 0 unspecified atom stereocenters. The number of hydrazine groups is 1. The van der Waals surface area contributed by atoms with Crippen LogP contribution in [0.15, 0.2) is 39.4 Å². The van der Waals surface area contributed by atoms with Gasteiger partial charge in [-0.25, -0.2) is 0 Å². The van der Waals surface area contributed by atoms with Crippen molar-refractivity contribution in [3.8, 4) is 5.75 Å². The Balaban J connectivity index is 1.79. The summed E-state index contributed by atoms with van der Waals surface area (Å²) in [5.41, 5.74) is 6.59. The van der Waals surface area contributed by atoms with Crippen LogP contribution in [0.1, 0.15) is 21.7 Å². The maximum absolute atomic E-state index is 11.6. The largest absolute Gasteiger partial charge is 0.484 e. The van der Waals surface area contributed by atoms with Gasteiger partial charge in [0.2, 0.25) is 0 Å². The van der Waals surface area contributed by atoms with Crippen molar-refractivity contribution in [2.24, 2.45) is 0 Å². The summed E-state index contributed by atoms with van der Waals surface area (Å²) < 4.78 is 10.9. The van der Waals surface area contributed by atoms with E-state index in [0.717, 1.165) is 11.1 Å². The van der Waals surface area contributed by atoms with Gasteiger partial charge in [0.25, 0.3) is 5.91 Å². The van der Waals surface area contributed by atoms with Gasteiger partial charge in [0, 0.05) is 0 Å². The number of hydrogen-bond donors (Lipinski definition) is 2. The van der Waals surface area contributed by atoms with Crippen LogP contribution >= 0.6 is 15.9 Å². The van der Waals surface area contributed by atoms with E-state index >= 15 is 0 Å². The highest BCUT2D eigenvalue weighted by atomic mass is 79.9.